The number of methoxy groups -OCH3 is 1. The van der Waals surface area contributed by atoms with E-state index in [4.69, 9.17) is 4.74 Å². The Hall–Kier alpha value is -3.15. The van der Waals surface area contributed by atoms with Gasteiger partial charge < -0.3 is 15.4 Å². The molecule has 0 saturated heterocycles. The molecule has 1 unspecified atom stereocenters. The summed E-state index contributed by atoms with van der Waals surface area (Å²) in [6.45, 7) is 1.96. The number of carbonyl (C=O) groups is 3. The zero-order valence-electron chi connectivity index (χ0n) is 18.8. The molecule has 0 spiro atoms. The summed E-state index contributed by atoms with van der Waals surface area (Å²) in [4.78, 5) is 36.7. The Morgan fingerprint density at radius 1 is 1.00 bits per heavy atom. The molecule has 32 heavy (non-hydrogen) atoms. The van der Waals surface area contributed by atoms with Crippen LogP contribution in [-0.2, 0) is 48.2 Å². The summed E-state index contributed by atoms with van der Waals surface area (Å²) in [5.41, 5.74) is 8.29. The molecule has 0 fully saturated rings. The van der Waals surface area contributed by atoms with Crippen LogP contribution in [0.25, 0.3) is 0 Å². The van der Waals surface area contributed by atoms with Crippen LogP contribution in [0.3, 0.4) is 0 Å². The van der Waals surface area contributed by atoms with Gasteiger partial charge in [-0.05, 0) is 84.9 Å². The second-order valence-corrected chi connectivity index (χ2v) is 8.70. The molecule has 168 valence electrons. The third-order valence-corrected chi connectivity index (χ3v) is 6.59. The Morgan fingerprint density at radius 2 is 1.69 bits per heavy atom. The molecule has 2 aliphatic carbocycles. The number of esters is 1. The van der Waals surface area contributed by atoms with E-state index in [-0.39, 0.29) is 12.2 Å². The van der Waals surface area contributed by atoms with E-state index in [0.717, 1.165) is 31.2 Å². The molecule has 2 amide bonds. The summed E-state index contributed by atoms with van der Waals surface area (Å²) in [7, 11) is 1.30. The quantitative estimate of drug-likeness (QED) is 0.516. The second kappa shape index (κ2) is 9.55. The van der Waals surface area contributed by atoms with Crippen molar-refractivity contribution in [2.45, 2.75) is 64.5 Å². The number of amides is 2. The van der Waals surface area contributed by atoms with E-state index < -0.39 is 18.0 Å². The number of rotatable bonds is 7. The zero-order chi connectivity index (χ0) is 22.7. The Morgan fingerprint density at radius 3 is 2.31 bits per heavy atom. The van der Waals surface area contributed by atoms with Gasteiger partial charge in [0.15, 0.2) is 5.78 Å². The fourth-order valence-corrected chi connectivity index (χ4v) is 5.01. The molecule has 2 aliphatic rings. The fourth-order valence-electron chi connectivity index (χ4n) is 5.01. The number of benzene rings is 2. The highest BCUT2D eigenvalue weighted by Gasteiger charge is 2.25. The number of ketones is 1. The van der Waals surface area contributed by atoms with Gasteiger partial charge in [0.1, 0.15) is 6.04 Å². The Bertz CT molecular complexity index is 1030. The maximum Gasteiger partial charge on any atom is 0.328 e. The predicted octanol–water partition coefficient (Wildman–Crippen LogP) is 3.45. The van der Waals surface area contributed by atoms with Gasteiger partial charge in [0.25, 0.3) is 0 Å². The van der Waals surface area contributed by atoms with Crippen molar-refractivity contribution < 1.29 is 19.1 Å². The standard InChI is InChI=1S/C26H30N2O4/c1-16(29)18-7-3-6-17(12-18)13-24(25(30)32-2)28-26(31)27-15-23-21-10-4-8-19(21)14-20-9-5-11-22(20)23/h3,6-7,12,14,24H,4-5,8-11,13,15H2,1-2H3,(H2,27,28,31). The van der Waals surface area contributed by atoms with Gasteiger partial charge in [-0.25, -0.2) is 9.59 Å². The lowest BCUT2D eigenvalue weighted by Gasteiger charge is -2.19. The number of nitrogens with one attached hydrogen (secondary N) is 2. The van der Waals surface area contributed by atoms with Crippen LogP contribution in [0.1, 0.15) is 63.5 Å². The van der Waals surface area contributed by atoms with Gasteiger partial charge in [0, 0.05) is 18.5 Å². The van der Waals surface area contributed by atoms with Gasteiger partial charge in [0.05, 0.1) is 7.11 Å². The molecular formula is C26H30N2O4. The van der Waals surface area contributed by atoms with Crippen molar-refractivity contribution in [3.8, 4) is 0 Å². The van der Waals surface area contributed by atoms with E-state index in [2.05, 4.69) is 16.7 Å². The number of carbonyl (C=O) groups excluding carboxylic acids is 3. The van der Waals surface area contributed by atoms with Crippen molar-refractivity contribution in [3.05, 3.63) is 69.3 Å². The molecule has 6 heteroatoms. The molecule has 2 N–H and O–H groups in total. The van der Waals surface area contributed by atoms with Gasteiger partial charge in [0.2, 0.25) is 0 Å². The Balaban J connectivity index is 1.45. The van der Waals surface area contributed by atoms with Gasteiger partial charge >= 0.3 is 12.0 Å². The van der Waals surface area contributed by atoms with Crippen molar-refractivity contribution in [1.82, 2.24) is 10.6 Å². The summed E-state index contributed by atoms with van der Waals surface area (Å²) in [5.74, 6) is -0.565. The molecule has 2 aromatic carbocycles. The highest BCUT2D eigenvalue weighted by atomic mass is 16.5. The summed E-state index contributed by atoms with van der Waals surface area (Å²) in [6.07, 6.45) is 6.95. The molecular weight excluding hydrogens is 404 g/mol. The molecule has 2 aromatic rings. The van der Waals surface area contributed by atoms with Crippen LogP contribution in [0.5, 0.6) is 0 Å². The van der Waals surface area contributed by atoms with E-state index in [1.807, 2.05) is 6.07 Å². The van der Waals surface area contributed by atoms with Gasteiger partial charge in [-0.2, -0.15) is 0 Å². The highest BCUT2D eigenvalue weighted by Crippen LogP contribution is 2.35. The normalized spacial score (nSPS) is 14.9. The monoisotopic (exact) mass is 434 g/mol. The lowest BCUT2D eigenvalue weighted by molar-refractivity contribution is -0.142. The lowest BCUT2D eigenvalue weighted by Crippen LogP contribution is -2.47. The largest absolute Gasteiger partial charge is 0.467 e. The van der Waals surface area contributed by atoms with Crippen molar-refractivity contribution in [2.24, 2.45) is 0 Å². The van der Waals surface area contributed by atoms with Crippen LogP contribution in [0.4, 0.5) is 4.79 Å². The third-order valence-electron chi connectivity index (χ3n) is 6.59. The Kier molecular flexibility index (Phi) is 6.58. The number of hydrogen-bond acceptors (Lipinski definition) is 4. The minimum Gasteiger partial charge on any atom is -0.467 e. The minimum atomic E-state index is -0.839. The smallest absolute Gasteiger partial charge is 0.328 e. The van der Waals surface area contributed by atoms with Crippen LogP contribution in [-0.4, -0.2) is 30.9 Å². The van der Waals surface area contributed by atoms with Crippen LogP contribution in [0.2, 0.25) is 0 Å². The third kappa shape index (κ3) is 4.69. The summed E-state index contributed by atoms with van der Waals surface area (Å²) < 4.78 is 4.90. The van der Waals surface area contributed by atoms with Crippen LogP contribution < -0.4 is 10.6 Å². The number of urea groups is 1. The number of ether oxygens (including phenoxy) is 1. The molecule has 0 heterocycles. The van der Waals surface area contributed by atoms with E-state index >= 15 is 0 Å². The number of hydrogen-bond donors (Lipinski definition) is 2. The average Bonchev–Trinajstić information content (AvgIpc) is 3.45. The number of aryl methyl sites for hydroxylation is 2. The molecule has 6 nitrogen and oxygen atoms in total. The van der Waals surface area contributed by atoms with E-state index in [0.29, 0.717) is 12.1 Å². The SMILES string of the molecule is COC(=O)C(Cc1cccc(C(C)=O)c1)NC(=O)NCc1c2c(cc3c1CCC3)CCC2. The van der Waals surface area contributed by atoms with Crippen molar-refractivity contribution in [3.63, 3.8) is 0 Å². The van der Waals surface area contributed by atoms with Crippen LogP contribution in [0, 0.1) is 0 Å². The zero-order valence-corrected chi connectivity index (χ0v) is 18.8. The first-order valence-corrected chi connectivity index (χ1v) is 11.3. The second-order valence-electron chi connectivity index (χ2n) is 8.70. The molecule has 1 atom stereocenters. The van der Waals surface area contributed by atoms with Crippen molar-refractivity contribution in [1.29, 1.82) is 0 Å². The summed E-state index contributed by atoms with van der Waals surface area (Å²) >= 11 is 0. The van der Waals surface area contributed by atoms with E-state index in [9.17, 15) is 14.4 Å². The first-order chi connectivity index (χ1) is 15.5. The van der Waals surface area contributed by atoms with Gasteiger partial charge in [-0.3, -0.25) is 4.79 Å². The predicted molar refractivity (Wildman–Crippen MR) is 122 cm³/mol. The van der Waals surface area contributed by atoms with E-state index in [1.54, 1.807) is 18.2 Å². The first-order valence-electron chi connectivity index (χ1n) is 11.3. The number of fused-ring (bicyclic) bond motifs is 2. The molecule has 0 bridgehead atoms. The lowest BCUT2D eigenvalue weighted by atomic mass is 9.94. The topological polar surface area (TPSA) is 84.5 Å². The van der Waals surface area contributed by atoms with Gasteiger partial charge in [-0.1, -0.05) is 24.3 Å². The summed E-state index contributed by atoms with van der Waals surface area (Å²) in [6, 6.07) is 8.22. The molecule has 0 radical (unpaired) electrons. The summed E-state index contributed by atoms with van der Waals surface area (Å²) in [5, 5.41) is 5.73. The van der Waals surface area contributed by atoms with Crippen LogP contribution >= 0.6 is 0 Å². The molecule has 4 rings (SSSR count). The maximum atomic E-state index is 12.7. The Labute approximate surface area is 188 Å². The fraction of sp³-hybridized carbons (Fsp3) is 0.423. The van der Waals surface area contributed by atoms with Crippen molar-refractivity contribution in [2.75, 3.05) is 7.11 Å². The number of Topliss-reactive ketones (excluding diaryl/α,β-unsaturated/α-hetero) is 1. The highest BCUT2D eigenvalue weighted by molar-refractivity contribution is 5.94. The average molecular weight is 435 g/mol. The molecule has 0 aliphatic heterocycles. The first kappa shape index (κ1) is 22.1. The van der Waals surface area contributed by atoms with Crippen LogP contribution in [0.15, 0.2) is 30.3 Å². The van der Waals surface area contributed by atoms with Crippen molar-refractivity contribution >= 4 is 17.8 Å². The maximum absolute atomic E-state index is 12.7. The molecule has 0 saturated carbocycles. The van der Waals surface area contributed by atoms with Gasteiger partial charge in [-0.15, -0.1) is 0 Å². The molecule has 0 aromatic heterocycles. The van der Waals surface area contributed by atoms with E-state index in [1.165, 1.54) is 54.7 Å². The minimum absolute atomic E-state index is 0.0462.